The molecule has 0 aromatic heterocycles. The molecule has 0 spiro atoms. The van der Waals surface area contributed by atoms with E-state index in [1.807, 2.05) is 6.26 Å². The van der Waals surface area contributed by atoms with Crippen molar-refractivity contribution in [3.63, 3.8) is 0 Å². The number of thioether (sulfide) groups is 1. The van der Waals surface area contributed by atoms with E-state index in [1.54, 1.807) is 18.2 Å². The molecule has 0 heterocycles. The number of halogens is 2. The zero-order chi connectivity index (χ0) is 19.2. The van der Waals surface area contributed by atoms with E-state index in [4.69, 9.17) is 11.6 Å². The summed E-state index contributed by atoms with van der Waals surface area (Å²) in [4.78, 5) is 12.6. The Morgan fingerprint density at radius 1 is 1.23 bits per heavy atom. The van der Waals surface area contributed by atoms with E-state index in [9.17, 15) is 17.6 Å². The Morgan fingerprint density at radius 3 is 2.54 bits per heavy atom. The van der Waals surface area contributed by atoms with Crippen LogP contribution >= 0.6 is 23.4 Å². The fraction of sp³-hybridized carbons (Fsp3) is 0.235. The van der Waals surface area contributed by atoms with Crippen molar-refractivity contribution in [2.24, 2.45) is 0 Å². The topological polar surface area (TPSA) is 75.3 Å². The molecule has 1 atom stereocenters. The van der Waals surface area contributed by atoms with Gasteiger partial charge in [-0.2, -0.15) is 16.5 Å². The molecule has 0 aliphatic rings. The van der Waals surface area contributed by atoms with Gasteiger partial charge in [0.15, 0.2) is 0 Å². The van der Waals surface area contributed by atoms with Crippen molar-refractivity contribution >= 4 is 45.0 Å². The molecule has 1 amide bonds. The number of carbonyl (C=O) groups excluding carboxylic acids is 1. The molecule has 140 valence electrons. The molecular weight excluding hydrogens is 399 g/mol. The lowest BCUT2D eigenvalue weighted by atomic mass is 10.2. The summed E-state index contributed by atoms with van der Waals surface area (Å²) >= 11 is 7.17. The normalized spacial score (nSPS) is 12.6. The van der Waals surface area contributed by atoms with Gasteiger partial charge in [-0.3, -0.25) is 4.79 Å². The van der Waals surface area contributed by atoms with Gasteiger partial charge in [-0.05, 0) is 48.8 Å². The molecule has 0 saturated heterocycles. The number of benzene rings is 2. The van der Waals surface area contributed by atoms with Crippen LogP contribution in [0.4, 0.5) is 10.1 Å². The maximum absolute atomic E-state index is 13.9. The number of hydrogen-bond donors (Lipinski definition) is 2. The highest BCUT2D eigenvalue weighted by Gasteiger charge is 2.26. The maximum Gasteiger partial charge on any atom is 0.242 e. The second kappa shape index (κ2) is 9.36. The Labute approximate surface area is 161 Å². The van der Waals surface area contributed by atoms with E-state index in [0.717, 1.165) is 6.07 Å². The lowest BCUT2D eigenvalue weighted by molar-refractivity contribution is -0.117. The van der Waals surface area contributed by atoms with E-state index in [2.05, 4.69) is 10.0 Å². The first-order valence-electron chi connectivity index (χ1n) is 7.65. The lowest BCUT2D eigenvalue weighted by Crippen LogP contribution is -2.44. The van der Waals surface area contributed by atoms with Gasteiger partial charge in [-0.1, -0.05) is 29.8 Å². The molecule has 1 unspecified atom stereocenters. The van der Waals surface area contributed by atoms with Crippen molar-refractivity contribution in [3.05, 3.63) is 59.4 Å². The van der Waals surface area contributed by atoms with Crippen LogP contribution in [-0.4, -0.2) is 32.4 Å². The first-order chi connectivity index (χ1) is 12.3. The summed E-state index contributed by atoms with van der Waals surface area (Å²) in [5.41, 5.74) is -0.0625. The zero-order valence-corrected chi connectivity index (χ0v) is 16.3. The molecule has 0 saturated carbocycles. The van der Waals surface area contributed by atoms with Gasteiger partial charge in [0, 0.05) is 5.02 Å². The van der Waals surface area contributed by atoms with Crippen molar-refractivity contribution in [1.29, 1.82) is 0 Å². The quantitative estimate of drug-likeness (QED) is 0.690. The summed E-state index contributed by atoms with van der Waals surface area (Å²) in [6, 6.07) is 10.5. The van der Waals surface area contributed by atoms with Crippen LogP contribution in [0.2, 0.25) is 5.02 Å². The van der Waals surface area contributed by atoms with Crippen LogP contribution in [0.1, 0.15) is 6.42 Å². The van der Waals surface area contributed by atoms with Crippen LogP contribution in [0.25, 0.3) is 0 Å². The van der Waals surface area contributed by atoms with Crippen LogP contribution in [0.3, 0.4) is 0 Å². The summed E-state index contributed by atoms with van der Waals surface area (Å²) in [5.74, 6) is -0.779. The predicted octanol–water partition coefficient (Wildman–Crippen LogP) is 3.52. The van der Waals surface area contributed by atoms with Gasteiger partial charge in [0.1, 0.15) is 11.9 Å². The van der Waals surface area contributed by atoms with Crippen LogP contribution in [0, 0.1) is 5.82 Å². The second-order valence-corrected chi connectivity index (χ2v) is 8.52. The second-order valence-electron chi connectivity index (χ2n) is 5.38. The Balaban J connectivity index is 2.19. The van der Waals surface area contributed by atoms with E-state index in [1.165, 1.54) is 36.0 Å². The van der Waals surface area contributed by atoms with Crippen molar-refractivity contribution in [2.45, 2.75) is 17.4 Å². The molecule has 5 nitrogen and oxygen atoms in total. The van der Waals surface area contributed by atoms with Crippen molar-refractivity contribution < 1.29 is 17.6 Å². The Hall–Kier alpha value is -1.61. The first kappa shape index (κ1) is 20.7. The number of hydrogen-bond acceptors (Lipinski definition) is 4. The molecular formula is C17H18ClFN2O3S2. The summed E-state index contributed by atoms with van der Waals surface area (Å²) in [6.45, 7) is 0. The van der Waals surface area contributed by atoms with E-state index >= 15 is 0 Å². The molecule has 2 aromatic carbocycles. The minimum Gasteiger partial charge on any atom is -0.322 e. The lowest BCUT2D eigenvalue weighted by Gasteiger charge is -2.18. The highest BCUT2D eigenvalue weighted by molar-refractivity contribution is 7.98. The SMILES string of the molecule is CSCCC(NS(=O)(=O)c1ccccc1)C(=O)Nc1ccc(Cl)cc1F. The number of anilines is 1. The number of rotatable bonds is 8. The first-order valence-corrected chi connectivity index (χ1v) is 10.9. The number of amides is 1. The van der Waals surface area contributed by atoms with Crippen LogP contribution < -0.4 is 10.0 Å². The molecule has 0 aliphatic carbocycles. The van der Waals surface area contributed by atoms with Crippen molar-refractivity contribution in [3.8, 4) is 0 Å². The van der Waals surface area contributed by atoms with Gasteiger partial charge in [-0.15, -0.1) is 0 Å². The van der Waals surface area contributed by atoms with Crippen LogP contribution in [0.5, 0.6) is 0 Å². The summed E-state index contributed by atoms with van der Waals surface area (Å²) < 4.78 is 41.3. The van der Waals surface area contributed by atoms with Crippen molar-refractivity contribution in [1.82, 2.24) is 4.72 Å². The van der Waals surface area contributed by atoms with Gasteiger partial charge in [0.2, 0.25) is 15.9 Å². The molecule has 0 fully saturated rings. The van der Waals surface area contributed by atoms with Gasteiger partial charge >= 0.3 is 0 Å². The standard InChI is InChI=1S/C17H18ClFN2O3S2/c1-25-10-9-16(21-26(23,24)13-5-3-2-4-6-13)17(22)20-15-8-7-12(18)11-14(15)19/h2-8,11,16,21H,9-10H2,1H3,(H,20,22). The molecule has 0 aliphatic heterocycles. The number of carbonyl (C=O) groups is 1. The molecule has 9 heteroatoms. The largest absolute Gasteiger partial charge is 0.322 e. The van der Waals surface area contributed by atoms with Crippen LogP contribution in [-0.2, 0) is 14.8 Å². The number of nitrogens with one attached hydrogen (secondary N) is 2. The minimum absolute atomic E-state index is 0.0552. The molecule has 2 rings (SSSR count). The Morgan fingerprint density at radius 2 is 1.92 bits per heavy atom. The third-order valence-electron chi connectivity index (χ3n) is 3.47. The van der Waals surface area contributed by atoms with Crippen molar-refractivity contribution in [2.75, 3.05) is 17.3 Å². The van der Waals surface area contributed by atoms with Crippen LogP contribution in [0.15, 0.2) is 53.4 Å². The van der Waals surface area contributed by atoms with E-state index in [-0.39, 0.29) is 22.0 Å². The Bertz CT molecular complexity index is 864. The average Bonchev–Trinajstić information content (AvgIpc) is 2.61. The maximum atomic E-state index is 13.9. The zero-order valence-electron chi connectivity index (χ0n) is 13.9. The summed E-state index contributed by atoms with van der Waals surface area (Å²) in [5, 5.41) is 2.61. The van der Waals surface area contributed by atoms with Gasteiger partial charge < -0.3 is 5.32 Å². The third kappa shape index (κ3) is 5.70. The van der Waals surface area contributed by atoms with Gasteiger partial charge in [0.25, 0.3) is 0 Å². The molecule has 0 radical (unpaired) electrons. The predicted molar refractivity (Wildman–Crippen MR) is 104 cm³/mol. The smallest absolute Gasteiger partial charge is 0.242 e. The molecule has 0 bridgehead atoms. The van der Waals surface area contributed by atoms with E-state index in [0.29, 0.717) is 5.75 Å². The van der Waals surface area contributed by atoms with Gasteiger partial charge in [0.05, 0.1) is 10.6 Å². The molecule has 2 aromatic rings. The van der Waals surface area contributed by atoms with Gasteiger partial charge in [-0.25, -0.2) is 12.8 Å². The molecule has 26 heavy (non-hydrogen) atoms. The fourth-order valence-electron chi connectivity index (χ4n) is 2.14. The summed E-state index contributed by atoms with van der Waals surface area (Å²) in [6.07, 6.45) is 2.10. The fourth-order valence-corrected chi connectivity index (χ4v) is 4.03. The number of sulfonamides is 1. The Kier molecular flexibility index (Phi) is 7.45. The monoisotopic (exact) mass is 416 g/mol. The summed E-state index contributed by atoms with van der Waals surface area (Å²) in [7, 11) is -3.88. The highest BCUT2D eigenvalue weighted by atomic mass is 35.5. The third-order valence-corrected chi connectivity index (χ3v) is 5.83. The minimum atomic E-state index is -3.88. The van der Waals surface area contributed by atoms with E-state index < -0.39 is 27.8 Å². The average molecular weight is 417 g/mol. The highest BCUT2D eigenvalue weighted by Crippen LogP contribution is 2.20. The molecule has 2 N–H and O–H groups in total.